The lowest BCUT2D eigenvalue weighted by molar-refractivity contribution is 0.0526. The van der Waals surface area contributed by atoms with Crippen LogP contribution >= 0.6 is 11.3 Å². The van der Waals surface area contributed by atoms with Crippen molar-refractivity contribution < 1.29 is 14.3 Å². The van der Waals surface area contributed by atoms with Crippen LogP contribution in [0, 0.1) is 0 Å². The summed E-state index contributed by atoms with van der Waals surface area (Å²) in [5, 5.41) is 3.74. The summed E-state index contributed by atoms with van der Waals surface area (Å²) in [7, 11) is 0. The van der Waals surface area contributed by atoms with Crippen molar-refractivity contribution in [1.29, 1.82) is 0 Å². The number of thiophene rings is 1. The SMILES string of the molecule is CCOC(=O)c1c(NC(=O)N2Cc3ccccc3-n3cccc3[C@@H]2CC)sc2c1CCCC2. The molecule has 0 saturated carbocycles. The van der Waals surface area contributed by atoms with Gasteiger partial charge >= 0.3 is 12.0 Å². The summed E-state index contributed by atoms with van der Waals surface area (Å²) in [5.41, 5.74) is 4.90. The lowest BCUT2D eigenvalue weighted by Crippen LogP contribution is -2.37. The number of esters is 1. The Morgan fingerprint density at radius 2 is 1.94 bits per heavy atom. The second-order valence-electron chi connectivity index (χ2n) is 8.55. The van der Waals surface area contributed by atoms with E-state index < -0.39 is 0 Å². The van der Waals surface area contributed by atoms with E-state index >= 15 is 0 Å². The lowest BCUT2D eigenvalue weighted by atomic mass is 9.95. The zero-order valence-corrected chi connectivity index (χ0v) is 19.9. The van der Waals surface area contributed by atoms with E-state index in [9.17, 15) is 9.59 Å². The number of aryl methyl sites for hydroxylation is 1. The quantitative estimate of drug-likeness (QED) is 0.476. The van der Waals surface area contributed by atoms with Gasteiger partial charge in [0.1, 0.15) is 5.00 Å². The van der Waals surface area contributed by atoms with Crippen LogP contribution in [0.4, 0.5) is 9.80 Å². The average Bonchev–Trinajstić information content (AvgIpc) is 3.41. The van der Waals surface area contributed by atoms with Crippen LogP contribution in [0.2, 0.25) is 0 Å². The summed E-state index contributed by atoms with van der Waals surface area (Å²) >= 11 is 1.53. The van der Waals surface area contributed by atoms with E-state index in [0.717, 1.165) is 54.6 Å². The van der Waals surface area contributed by atoms with E-state index in [-0.39, 0.29) is 18.0 Å². The van der Waals surface area contributed by atoms with E-state index in [1.165, 1.54) is 16.2 Å². The van der Waals surface area contributed by atoms with Crippen LogP contribution in [0.5, 0.6) is 0 Å². The highest BCUT2D eigenvalue weighted by molar-refractivity contribution is 7.17. The maximum Gasteiger partial charge on any atom is 0.341 e. The number of ether oxygens (including phenoxy) is 1. The third-order valence-corrected chi connectivity index (χ3v) is 7.82. The van der Waals surface area contributed by atoms with Gasteiger partial charge in [-0.15, -0.1) is 11.3 Å². The molecule has 33 heavy (non-hydrogen) atoms. The number of nitrogens with zero attached hydrogens (tertiary/aromatic N) is 2. The number of hydrogen-bond donors (Lipinski definition) is 1. The summed E-state index contributed by atoms with van der Waals surface area (Å²) in [6.45, 7) is 4.73. The minimum atomic E-state index is -0.339. The lowest BCUT2D eigenvalue weighted by Gasteiger charge is -2.29. The highest BCUT2D eigenvalue weighted by atomic mass is 32.1. The van der Waals surface area contributed by atoms with Crippen LogP contribution in [-0.2, 0) is 24.1 Å². The van der Waals surface area contributed by atoms with Crippen LogP contribution in [0.15, 0.2) is 42.6 Å². The summed E-state index contributed by atoms with van der Waals surface area (Å²) in [4.78, 5) is 29.7. The van der Waals surface area contributed by atoms with Crippen molar-refractivity contribution in [2.24, 2.45) is 0 Å². The monoisotopic (exact) mass is 463 g/mol. The molecule has 7 heteroatoms. The molecule has 6 nitrogen and oxygen atoms in total. The number of carbonyl (C=O) groups is 2. The Balaban J connectivity index is 1.52. The Hall–Kier alpha value is -3.06. The first-order chi connectivity index (χ1) is 16.1. The van der Waals surface area contributed by atoms with Crippen LogP contribution < -0.4 is 5.32 Å². The third-order valence-electron chi connectivity index (χ3n) is 6.61. The predicted octanol–water partition coefficient (Wildman–Crippen LogP) is 6.09. The van der Waals surface area contributed by atoms with Gasteiger partial charge in [-0.05, 0) is 68.4 Å². The minimum Gasteiger partial charge on any atom is -0.462 e. The van der Waals surface area contributed by atoms with Crippen LogP contribution in [-0.4, -0.2) is 28.1 Å². The Morgan fingerprint density at radius 3 is 2.76 bits per heavy atom. The van der Waals surface area contributed by atoms with Gasteiger partial charge in [0.15, 0.2) is 0 Å². The molecule has 0 unspecified atom stereocenters. The number of carbonyl (C=O) groups excluding carboxylic acids is 2. The van der Waals surface area contributed by atoms with Crippen molar-refractivity contribution in [2.45, 2.75) is 58.5 Å². The van der Waals surface area contributed by atoms with Gasteiger partial charge in [0.2, 0.25) is 0 Å². The Kier molecular flexibility index (Phi) is 5.98. The average molecular weight is 464 g/mol. The molecule has 0 bridgehead atoms. The second-order valence-corrected chi connectivity index (χ2v) is 9.65. The van der Waals surface area contributed by atoms with E-state index in [4.69, 9.17) is 4.74 Å². The maximum atomic E-state index is 13.7. The van der Waals surface area contributed by atoms with Gasteiger partial charge in [-0.2, -0.15) is 0 Å². The highest BCUT2D eigenvalue weighted by Gasteiger charge is 2.33. The first kappa shape index (κ1) is 21.8. The van der Waals surface area contributed by atoms with Crippen molar-refractivity contribution in [3.8, 4) is 5.69 Å². The van der Waals surface area contributed by atoms with E-state index in [2.05, 4.69) is 41.2 Å². The molecule has 0 radical (unpaired) electrons. The highest BCUT2D eigenvalue weighted by Crippen LogP contribution is 2.40. The summed E-state index contributed by atoms with van der Waals surface area (Å²) in [5.74, 6) is -0.339. The molecule has 1 aliphatic heterocycles. The normalized spacial score (nSPS) is 16.9. The number of anilines is 1. The number of rotatable bonds is 4. The maximum absolute atomic E-state index is 13.7. The van der Waals surface area contributed by atoms with Gasteiger partial charge in [-0.1, -0.05) is 25.1 Å². The topological polar surface area (TPSA) is 63.6 Å². The van der Waals surface area contributed by atoms with Crippen molar-refractivity contribution in [3.63, 3.8) is 0 Å². The van der Waals surface area contributed by atoms with Crippen LogP contribution in [0.3, 0.4) is 0 Å². The number of amides is 2. The zero-order chi connectivity index (χ0) is 22.9. The minimum absolute atomic E-state index is 0.0759. The Bertz CT molecular complexity index is 1200. The number of nitrogens with one attached hydrogen (secondary N) is 1. The predicted molar refractivity (Wildman–Crippen MR) is 130 cm³/mol. The van der Waals surface area contributed by atoms with Gasteiger partial charge in [-0.3, -0.25) is 5.32 Å². The summed E-state index contributed by atoms with van der Waals surface area (Å²) < 4.78 is 7.55. The molecule has 1 N–H and O–H groups in total. The van der Waals surface area contributed by atoms with Gasteiger partial charge in [0, 0.05) is 16.8 Å². The molecule has 172 valence electrons. The molecule has 0 fully saturated rings. The zero-order valence-electron chi connectivity index (χ0n) is 19.1. The molecule has 1 aliphatic carbocycles. The number of urea groups is 1. The molecule has 0 spiro atoms. The summed E-state index contributed by atoms with van der Waals surface area (Å²) in [6, 6.07) is 12.1. The van der Waals surface area contributed by atoms with Crippen molar-refractivity contribution in [1.82, 2.24) is 9.47 Å². The molecule has 2 aliphatic rings. The molecule has 0 saturated heterocycles. The number of fused-ring (bicyclic) bond motifs is 4. The standard InChI is InChI=1S/C26H29N3O3S/c1-3-19-21-13-9-15-28(21)20-12-7-5-10-17(20)16-29(19)26(31)27-24-23(25(30)32-4-2)18-11-6-8-14-22(18)33-24/h5,7,9-10,12-13,15,19H,3-4,6,8,11,14,16H2,1-2H3,(H,27,31)/t19-/m0/s1. The van der Waals surface area contributed by atoms with Crippen molar-refractivity contribution in [2.75, 3.05) is 11.9 Å². The number of para-hydroxylation sites is 1. The Labute approximate surface area is 198 Å². The Morgan fingerprint density at radius 1 is 1.12 bits per heavy atom. The molecule has 5 rings (SSSR count). The smallest absolute Gasteiger partial charge is 0.341 e. The molecule has 3 aromatic rings. The second kappa shape index (κ2) is 9.06. The van der Waals surface area contributed by atoms with Crippen LogP contribution in [0.25, 0.3) is 5.69 Å². The summed E-state index contributed by atoms with van der Waals surface area (Å²) in [6.07, 6.45) is 6.83. The number of hydrogen-bond acceptors (Lipinski definition) is 4. The molecule has 1 aromatic carbocycles. The molecular weight excluding hydrogens is 434 g/mol. The molecule has 2 amide bonds. The molecule has 3 heterocycles. The van der Waals surface area contributed by atoms with Crippen molar-refractivity contribution >= 4 is 28.3 Å². The number of aromatic nitrogens is 1. The first-order valence-electron chi connectivity index (χ1n) is 11.8. The van der Waals surface area contributed by atoms with E-state index in [1.54, 1.807) is 0 Å². The van der Waals surface area contributed by atoms with Crippen molar-refractivity contribution in [3.05, 3.63) is 69.9 Å². The van der Waals surface area contributed by atoms with E-state index in [1.807, 2.05) is 30.0 Å². The molecule has 2 aromatic heterocycles. The van der Waals surface area contributed by atoms with Gasteiger partial charge < -0.3 is 14.2 Å². The first-order valence-corrected chi connectivity index (χ1v) is 12.6. The van der Waals surface area contributed by atoms with Gasteiger partial charge in [-0.25, -0.2) is 9.59 Å². The fourth-order valence-corrected chi connectivity index (χ4v) is 6.37. The molecule has 1 atom stereocenters. The van der Waals surface area contributed by atoms with Crippen LogP contribution in [0.1, 0.15) is 71.2 Å². The largest absolute Gasteiger partial charge is 0.462 e. The van der Waals surface area contributed by atoms with Gasteiger partial charge in [0.25, 0.3) is 0 Å². The van der Waals surface area contributed by atoms with E-state index in [0.29, 0.717) is 23.7 Å². The third kappa shape index (κ3) is 3.84. The fourth-order valence-electron chi connectivity index (χ4n) is 5.10. The van der Waals surface area contributed by atoms with Gasteiger partial charge in [0.05, 0.1) is 30.4 Å². The fraction of sp³-hybridized carbons (Fsp3) is 0.385. The molecular formula is C26H29N3O3S. The number of benzene rings is 1.